The Hall–Kier alpha value is -1.95. The SMILES string of the molecule is O=C(Nc1ccc(N2CCCCC2)nc1)c1cscn1. The van der Waals surface area contributed by atoms with Crippen LogP contribution in [-0.2, 0) is 0 Å². The number of piperidine rings is 1. The van der Waals surface area contributed by atoms with Crippen molar-refractivity contribution in [2.75, 3.05) is 23.3 Å². The molecular weight excluding hydrogens is 272 g/mol. The highest BCUT2D eigenvalue weighted by Crippen LogP contribution is 2.19. The lowest BCUT2D eigenvalue weighted by Gasteiger charge is -2.27. The lowest BCUT2D eigenvalue weighted by Crippen LogP contribution is -2.30. The molecule has 1 aliphatic heterocycles. The predicted octanol–water partition coefficient (Wildman–Crippen LogP) is 2.78. The highest BCUT2D eigenvalue weighted by molar-refractivity contribution is 7.07. The van der Waals surface area contributed by atoms with Gasteiger partial charge in [0.2, 0.25) is 0 Å². The highest BCUT2D eigenvalue weighted by Gasteiger charge is 2.12. The number of pyridine rings is 1. The molecule has 3 heterocycles. The fraction of sp³-hybridized carbons (Fsp3) is 0.357. The lowest BCUT2D eigenvalue weighted by atomic mass is 10.1. The van der Waals surface area contributed by atoms with Crippen molar-refractivity contribution in [3.63, 3.8) is 0 Å². The average Bonchev–Trinajstić information content (AvgIpc) is 3.03. The summed E-state index contributed by atoms with van der Waals surface area (Å²) in [5.74, 6) is 0.787. The Balaban J connectivity index is 1.65. The van der Waals surface area contributed by atoms with Crippen LogP contribution < -0.4 is 10.2 Å². The molecule has 1 fully saturated rings. The van der Waals surface area contributed by atoms with Crippen LogP contribution in [0.1, 0.15) is 29.8 Å². The molecule has 0 aromatic carbocycles. The van der Waals surface area contributed by atoms with Crippen LogP contribution in [0.15, 0.2) is 29.2 Å². The number of aromatic nitrogens is 2. The first-order valence-corrected chi connectivity index (χ1v) is 7.68. The zero-order valence-electron chi connectivity index (χ0n) is 11.1. The van der Waals surface area contributed by atoms with E-state index in [1.807, 2.05) is 12.1 Å². The Bertz CT molecular complexity index is 561. The molecule has 0 saturated carbocycles. The second-order valence-corrected chi connectivity index (χ2v) is 5.50. The topological polar surface area (TPSA) is 58.1 Å². The van der Waals surface area contributed by atoms with Crippen molar-refractivity contribution in [1.29, 1.82) is 0 Å². The van der Waals surface area contributed by atoms with Crippen molar-refractivity contribution < 1.29 is 4.79 Å². The molecule has 0 bridgehead atoms. The highest BCUT2D eigenvalue weighted by atomic mass is 32.1. The molecule has 20 heavy (non-hydrogen) atoms. The molecule has 1 aliphatic rings. The summed E-state index contributed by atoms with van der Waals surface area (Å²) < 4.78 is 0. The van der Waals surface area contributed by atoms with Crippen molar-refractivity contribution in [1.82, 2.24) is 9.97 Å². The number of thiazole rings is 1. The van der Waals surface area contributed by atoms with Gasteiger partial charge in [0, 0.05) is 18.5 Å². The molecule has 2 aromatic heterocycles. The predicted molar refractivity (Wildman–Crippen MR) is 80.4 cm³/mol. The summed E-state index contributed by atoms with van der Waals surface area (Å²) >= 11 is 1.41. The van der Waals surface area contributed by atoms with E-state index < -0.39 is 0 Å². The molecule has 104 valence electrons. The Morgan fingerprint density at radius 2 is 2.05 bits per heavy atom. The first-order valence-electron chi connectivity index (χ1n) is 6.73. The molecule has 0 atom stereocenters. The van der Waals surface area contributed by atoms with Gasteiger partial charge in [-0.25, -0.2) is 9.97 Å². The summed E-state index contributed by atoms with van der Waals surface area (Å²) in [5.41, 5.74) is 2.78. The van der Waals surface area contributed by atoms with Gasteiger partial charge in [0.25, 0.3) is 5.91 Å². The molecule has 0 spiro atoms. The number of nitrogens with zero attached hydrogens (tertiary/aromatic N) is 3. The van der Waals surface area contributed by atoms with Crippen molar-refractivity contribution >= 4 is 28.7 Å². The monoisotopic (exact) mass is 288 g/mol. The molecule has 2 aromatic rings. The molecule has 1 amide bonds. The maximum atomic E-state index is 11.9. The van der Waals surface area contributed by atoms with Crippen molar-refractivity contribution in [2.45, 2.75) is 19.3 Å². The van der Waals surface area contributed by atoms with Crippen LogP contribution in [0.3, 0.4) is 0 Å². The van der Waals surface area contributed by atoms with Gasteiger partial charge in [-0.3, -0.25) is 4.79 Å². The van der Waals surface area contributed by atoms with Gasteiger partial charge in [0.05, 0.1) is 17.4 Å². The molecule has 0 aliphatic carbocycles. The van der Waals surface area contributed by atoms with Gasteiger partial charge in [-0.05, 0) is 31.4 Å². The molecule has 1 N–H and O–H groups in total. The van der Waals surface area contributed by atoms with E-state index in [9.17, 15) is 4.79 Å². The number of rotatable bonds is 3. The second kappa shape index (κ2) is 6.00. The lowest BCUT2D eigenvalue weighted by molar-refractivity contribution is 0.102. The number of carbonyl (C=O) groups excluding carboxylic acids is 1. The minimum Gasteiger partial charge on any atom is -0.357 e. The molecule has 6 heteroatoms. The van der Waals surface area contributed by atoms with Crippen LogP contribution in [0.5, 0.6) is 0 Å². The molecule has 0 unspecified atom stereocenters. The van der Waals surface area contributed by atoms with Gasteiger partial charge in [-0.1, -0.05) is 0 Å². The van der Waals surface area contributed by atoms with Gasteiger partial charge in [-0.2, -0.15) is 0 Å². The summed E-state index contributed by atoms with van der Waals surface area (Å²) in [6, 6.07) is 3.85. The Kier molecular flexibility index (Phi) is 3.92. The van der Waals surface area contributed by atoms with Gasteiger partial charge < -0.3 is 10.2 Å². The van der Waals surface area contributed by atoms with E-state index in [4.69, 9.17) is 0 Å². The fourth-order valence-electron chi connectivity index (χ4n) is 2.29. The van der Waals surface area contributed by atoms with Gasteiger partial charge in [0.15, 0.2) is 0 Å². The van der Waals surface area contributed by atoms with Gasteiger partial charge in [-0.15, -0.1) is 11.3 Å². The number of nitrogens with one attached hydrogen (secondary N) is 1. The Morgan fingerprint density at radius 1 is 1.20 bits per heavy atom. The molecule has 1 saturated heterocycles. The normalized spacial score (nSPS) is 15.1. The van der Waals surface area contributed by atoms with E-state index in [0.29, 0.717) is 11.4 Å². The van der Waals surface area contributed by atoms with E-state index in [1.54, 1.807) is 17.1 Å². The Morgan fingerprint density at radius 3 is 2.70 bits per heavy atom. The maximum Gasteiger partial charge on any atom is 0.275 e. The van der Waals surface area contributed by atoms with E-state index in [0.717, 1.165) is 18.9 Å². The maximum absolute atomic E-state index is 11.9. The number of carbonyl (C=O) groups is 1. The summed E-state index contributed by atoms with van der Waals surface area (Å²) in [4.78, 5) is 22.6. The number of amides is 1. The summed E-state index contributed by atoms with van der Waals surface area (Å²) in [6.45, 7) is 2.13. The van der Waals surface area contributed by atoms with Crippen molar-refractivity contribution in [3.05, 3.63) is 34.9 Å². The van der Waals surface area contributed by atoms with E-state index >= 15 is 0 Å². The molecule has 3 rings (SSSR count). The summed E-state index contributed by atoms with van der Waals surface area (Å²) in [7, 11) is 0. The molecule has 0 radical (unpaired) electrons. The van der Waals surface area contributed by atoms with E-state index in [1.165, 1.54) is 30.6 Å². The second-order valence-electron chi connectivity index (χ2n) is 4.78. The van der Waals surface area contributed by atoms with E-state index in [2.05, 4.69) is 20.2 Å². The fourth-order valence-corrected chi connectivity index (χ4v) is 2.82. The summed E-state index contributed by atoms with van der Waals surface area (Å²) in [5, 5.41) is 4.53. The van der Waals surface area contributed by atoms with Crippen LogP contribution in [0.25, 0.3) is 0 Å². The largest absolute Gasteiger partial charge is 0.357 e. The third-order valence-electron chi connectivity index (χ3n) is 3.35. The molecular formula is C14H16N4OS. The van der Waals surface area contributed by atoms with Crippen LogP contribution in [0.4, 0.5) is 11.5 Å². The third kappa shape index (κ3) is 2.96. The number of hydrogen-bond acceptors (Lipinski definition) is 5. The third-order valence-corrected chi connectivity index (χ3v) is 3.94. The Labute approximate surface area is 121 Å². The zero-order chi connectivity index (χ0) is 13.8. The van der Waals surface area contributed by atoms with Crippen LogP contribution >= 0.6 is 11.3 Å². The van der Waals surface area contributed by atoms with Crippen LogP contribution in [-0.4, -0.2) is 29.0 Å². The number of hydrogen-bond donors (Lipinski definition) is 1. The standard InChI is InChI=1S/C14H16N4OS/c19-14(12-9-20-10-16-12)17-11-4-5-13(15-8-11)18-6-2-1-3-7-18/h4-5,8-10H,1-3,6-7H2,(H,17,19). The number of anilines is 2. The van der Waals surface area contributed by atoms with E-state index in [-0.39, 0.29) is 5.91 Å². The van der Waals surface area contributed by atoms with Gasteiger partial charge >= 0.3 is 0 Å². The van der Waals surface area contributed by atoms with Gasteiger partial charge in [0.1, 0.15) is 11.5 Å². The van der Waals surface area contributed by atoms with Crippen molar-refractivity contribution in [3.8, 4) is 0 Å². The van der Waals surface area contributed by atoms with Crippen LogP contribution in [0, 0.1) is 0 Å². The summed E-state index contributed by atoms with van der Waals surface area (Å²) in [6.07, 6.45) is 5.46. The minimum atomic E-state index is -0.196. The molecule has 5 nitrogen and oxygen atoms in total. The minimum absolute atomic E-state index is 0.196. The smallest absolute Gasteiger partial charge is 0.275 e. The average molecular weight is 288 g/mol. The van der Waals surface area contributed by atoms with Crippen molar-refractivity contribution in [2.24, 2.45) is 0 Å². The first kappa shape index (κ1) is 13.1. The van der Waals surface area contributed by atoms with Crippen LogP contribution in [0.2, 0.25) is 0 Å². The first-order chi connectivity index (χ1) is 9.83. The quantitative estimate of drug-likeness (QED) is 0.943. The zero-order valence-corrected chi connectivity index (χ0v) is 11.9.